The molecule has 2 aromatic carbocycles. The second kappa shape index (κ2) is 4.08. The van der Waals surface area contributed by atoms with Gasteiger partial charge in [-0.1, -0.05) is 12.1 Å². The molecule has 0 radical (unpaired) electrons. The molecular weight excluding hydrogens is 270 g/mol. The maximum absolute atomic E-state index is 12.6. The summed E-state index contributed by atoms with van der Waals surface area (Å²) in [7, 11) is 0. The number of ketones is 1. The van der Waals surface area contributed by atoms with Crippen molar-refractivity contribution in [3.63, 3.8) is 0 Å². The van der Waals surface area contributed by atoms with Crippen molar-refractivity contribution >= 4 is 22.4 Å². The molecule has 1 aromatic heterocycles. The zero-order valence-corrected chi connectivity index (χ0v) is 10.8. The molecule has 1 aliphatic heterocycles. The summed E-state index contributed by atoms with van der Waals surface area (Å²) in [6.45, 7) is 0. The van der Waals surface area contributed by atoms with E-state index in [-0.39, 0.29) is 17.2 Å². The molecule has 0 aliphatic carbocycles. The highest BCUT2D eigenvalue weighted by Crippen LogP contribution is 2.27. The van der Waals surface area contributed by atoms with E-state index in [2.05, 4.69) is 4.98 Å². The van der Waals surface area contributed by atoms with E-state index in [0.717, 1.165) is 5.48 Å². The van der Waals surface area contributed by atoms with Gasteiger partial charge < -0.3 is 0 Å². The number of nitrogens with zero attached hydrogens (tertiary/aromatic N) is 2. The summed E-state index contributed by atoms with van der Waals surface area (Å²) in [5.41, 5.74) is 2.55. The zero-order valence-electron chi connectivity index (χ0n) is 10.8. The number of para-hydroxylation sites is 1. The number of aromatic nitrogens is 2. The minimum Gasteiger partial charge on any atom is -0.285 e. The molecule has 3 aromatic rings. The molecular formula is C15H10N3O3+. The lowest BCUT2D eigenvalue weighted by Crippen LogP contribution is -2.73. The lowest BCUT2D eigenvalue weighted by atomic mass is 10.1. The van der Waals surface area contributed by atoms with Crippen molar-refractivity contribution in [3.8, 4) is 5.69 Å². The first-order valence-electron chi connectivity index (χ1n) is 6.39. The van der Waals surface area contributed by atoms with E-state index in [1.165, 1.54) is 4.57 Å². The molecule has 6 heteroatoms. The number of benzene rings is 2. The van der Waals surface area contributed by atoms with Crippen LogP contribution in [0.2, 0.25) is 0 Å². The van der Waals surface area contributed by atoms with Gasteiger partial charge in [0, 0.05) is 12.1 Å². The van der Waals surface area contributed by atoms with Crippen LogP contribution in [-0.4, -0.2) is 20.5 Å². The van der Waals surface area contributed by atoms with E-state index in [1.807, 2.05) is 0 Å². The highest BCUT2D eigenvalue weighted by Gasteiger charge is 2.30. The first kappa shape index (κ1) is 12.0. The number of hydrogen-bond acceptors (Lipinski definition) is 4. The molecule has 0 saturated carbocycles. The average molecular weight is 280 g/mol. The van der Waals surface area contributed by atoms with Crippen LogP contribution in [0.15, 0.2) is 47.3 Å². The van der Waals surface area contributed by atoms with Crippen molar-refractivity contribution in [2.75, 3.05) is 0 Å². The largest absolute Gasteiger partial charge is 0.285 e. The topological polar surface area (TPSA) is 88.8 Å². The highest BCUT2D eigenvalue weighted by molar-refractivity contribution is 6.13. The fourth-order valence-electron chi connectivity index (χ4n) is 2.64. The van der Waals surface area contributed by atoms with Crippen LogP contribution in [0.3, 0.4) is 0 Å². The summed E-state index contributed by atoms with van der Waals surface area (Å²) >= 11 is 0. The van der Waals surface area contributed by atoms with Crippen molar-refractivity contribution in [3.05, 3.63) is 64.2 Å². The zero-order chi connectivity index (χ0) is 14.6. The molecule has 0 atom stereocenters. The molecule has 2 heterocycles. The maximum atomic E-state index is 12.6. The van der Waals surface area contributed by atoms with Gasteiger partial charge in [0.25, 0.3) is 5.56 Å². The van der Waals surface area contributed by atoms with Gasteiger partial charge in [0.2, 0.25) is 5.78 Å². The normalized spacial score (nSPS) is 12.5. The van der Waals surface area contributed by atoms with Gasteiger partial charge in [0.15, 0.2) is 11.5 Å². The van der Waals surface area contributed by atoms with Gasteiger partial charge in [-0.15, -0.1) is 0 Å². The van der Waals surface area contributed by atoms with E-state index in [4.69, 9.17) is 5.21 Å². The van der Waals surface area contributed by atoms with Crippen LogP contribution < -0.4 is 11.0 Å². The summed E-state index contributed by atoms with van der Waals surface area (Å²) < 4.78 is 1.33. The molecule has 3 N–H and O–H groups in total. The highest BCUT2D eigenvalue weighted by atomic mass is 16.5. The van der Waals surface area contributed by atoms with Crippen molar-refractivity contribution in [1.29, 1.82) is 0 Å². The van der Waals surface area contributed by atoms with Crippen LogP contribution in [0, 0.1) is 0 Å². The van der Waals surface area contributed by atoms with Crippen molar-refractivity contribution in [2.24, 2.45) is 0 Å². The molecule has 102 valence electrons. The Labute approximate surface area is 118 Å². The standard InChI is InChI=1S/C15H9N3O3/c19-13-10-7-8(17-21)5-6-12(10)18-14(13)16-11-4-2-1-3-9(11)15(18)20/h1-7,17,21H/p+1. The SMILES string of the molecule is O=C1c2cc([NH2+]O)ccc2-n2c1nc1ccccc1c2=O. The number of quaternary nitrogens is 1. The van der Waals surface area contributed by atoms with Crippen LogP contribution >= 0.6 is 0 Å². The molecule has 21 heavy (non-hydrogen) atoms. The Morgan fingerprint density at radius 1 is 1.10 bits per heavy atom. The summed E-state index contributed by atoms with van der Waals surface area (Å²) in [5.74, 6) is -0.194. The molecule has 0 spiro atoms. The minimum absolute atomic E-state index is 0.115. The van der Waals surface area contributed by atoms with E-state index in [1.54, 1.807) is 42.5 Å². The van der Waals surface area contributed by atoms with Gasteiger partial charge in [-0.25, -0.2) is 10.2 Å². The van der Waals surface area contributed by atoms with Gasteiger partial charge in [0.05, 0.1) is 22.2 Å². The molecule has 0 fully saturated rings. The lowest BCUT2D eigenvalue weighted by Gasteiger charge is -2.05. The number of rotatable bonds is 1. The monoisotopic (exact) mass is 280 g/mol. The lowest BCUT2D eigenvalue weighted by molar-refractivity contribution is -0.825. The predicted octanol–water partition coefficient (Wildman–Crippen LogP) is 0.514. The van der Waals surface area contributed by atoms with Gasteiger partial charge in [-0.2, -0.15) is 5.48 Å². The average Bonchev–Trinajstić information content (AvgIpc) is 2.80. The molecule has 0 bridgehead atoms. The van der Waals surface area contributed by atoms with Gasteiger partial charge in [0.1, 0.15) is 0 Å². The van der Waals surface area contributed by atoms with Crippen LogP contribution in [0.1, 0.15) is 16.2 Å². The quantitative estimate of drug-likeness (QED) is 0.393. The molecule has 0 amide bonds. The molecule has 0 unspecified atom stereocenters. The van der Waals surface area contributed by atoms with Crippen molar-refractivity contribution in [2.45, 2.75) is 0 Å². The van der Waals surface area contributed by atoms with Crippen LogP contribution in [0.25, 0.3) is 16.6 Å². The Morgan fingerprint density at radius 3 is 2.71 bits per heavy atom. The predicted molar refractivity (Wildman–Crippen MR) is 74.1 cm³/mol. The molecule has 4 rings (SSSR count). The number of hydrogen-bond donors (Lipinski definition) is 2. The Hall–Kier alpha value is -2.83. The molecule has 0 saturated heterocycles. The number of carbonyl (C=O) groups excluding carboxylic acids is 1. The second-order valence-corrected chi connectivity index (χ2v) is 4.83. The summed E-state index contributed by atoms with van der Waals surface area (Å²) in [5, 5.41) is 9.53. The smallest absolute Gasteiger partial charge is 0.266 e. The van der Waals surface area contributed by atoms with E-state index < -0.39 is 0 Å². The Morgan fingerprint density at radius 2 is 1.90 bits per heavy atom. The second-order valence-electron chi connectivity index (χ2n) is 4.83. The van der Waals surface area contributed by atoms with Crippen molar-refractivity contribution < 1.29 is 15.5 Å². The number of nitrogens with two attached hydrogens (primary N) is 1. The van der Waals surface area contributed by atoms with Crippen LogP contribution in [0.4, 0.5) is 5.69 Å². The fraction of sp³-hybridized carbons (Fsp3) is 0. The summed E-state index contributed by atoms with van der Waals surface area (Å²) in [6.07, 6.45) is 0. The third-order valence-electron chi connectivity index (χ3n) is 3.63. The van der Waals surface area contributed by atoms with Crippen molar-refractivity contribution in [1.82, 2.24) is 9.55 Å². The fourth-order valence-corrected chi connectivity index (χ4v) is 2.64. The summed E-state index contributed by atoms with van der Waals surface area (Å²) in [4.78, 5) is 29.3. The summed E-state index contributed by atoms with van der Waals surface area (Å²) in [6, 6.07) is 11.8. The first-order valence-corrected chi connectivity index (χ1v) is 6.39. The third kappa shape index (κ3) is 1.51. The molecule has 6 nitrogen and oxygen atoms in total. The van der Waals surface area contributed by atoms with E-state index in [0.29, 0.717) is 27.8 Å². The maximum Gasteiger partial charge on any atom is 0.266 e. The van der Waals surface area contributed by atoms with E-state index >= 15 is 0 Å². The van der Waals surface area contributed by atoms with Gasteiger partial charge in [-0.05, 0) is 18.2 Å². The van der Waals surface area contributed by atoms with Gasteiger partial charge >= 0.3 is 0 Å². The van der Waals surface area contributed by atoms with Gasteiger partial charge in [-0.3, -0.25) is 14.2 Å². The number of carbonyl (C=O) groups is 1. The Bertz CT molecular complexity index is 976. The third-order valence-corrected chi connectivity index (χ3v) is 3.63. The van der Waals surface area contributed by atoms with E-state index in [9.17, 15) is 9.59 Å². The van der Waals surface area contributed by atoms with Crippen LogP contribution in [0.5, 0.6) is 0 Å². The van der Waals surface area contributed by atoms with Crippen LogP contribution in [-0.2, 0) is 0 Å². The first-order chi connectivity index (χ1) is 10.2. The Kier molecular flexibility index (Phi) is 2.32. The number of fused-ring (bicyclic) bond motifs is 4. The minimum atomic E-state index is -0.309. The Balaban J connectivity index is 2.13. The molecule has 1 aliphatic rings.